The number of ether oxygens (including phenoxy) is 1. The second-order valence-corrected chi connectivity index (χ2v) is 3.54. The van der Waals surface area contributed by atoms with Crippen molar-refractivity contribution in [2.24, 2.45) is 0 Å². The fourth-order valence-corrected chi connectivity index (χ4v) is 1.81. The van der Waals surface area contributed by atoms with Gasteiger partial charge in [-0.05, 0) is 25.0 Å². The molecule has 0 bridgehead atoms. The van der Waals surface area contributed by atoms with Gasteiger partial charge in [-0.2, -0.15) is 0 Å². The summed E-state index contributed by atoms with van der Waals surface area (Å²) >= 11 is 0. The van der Waals surface area contributed by atoms with Crippen LogP contribution in [0.2, 0.25) is 0 Å². The highest BCUT2D eigenvalue weighted by Crippen LogP contribution is 2.34. The van der Waals surface area contributed by atoms with Gasteiger partial charge in [-0.15, -0.1) is 0 Å². The smallest absolute Gasteiger partial charge is 0.126 e. The third-order valence-corrected chi connectivity index (χ3v) is 2.57. The van der Waals surface area contributed by atoms with Crippen molar-refractivity contribution in [2.75, 3.05) is 6.61 Å². The molecule has 1 aromatic rings. The van der Waals surface area contributed by atoms with Crippen LogP contribution in [0.1, 0.15) is 18.4 Å². The zero-order valence-corrected chi connectivity index (χ0v) is 7.94. The monoisotopic (exact) mass is 194 g/mol. The van der Waals surface area contributed by atoms with E-state index in [1.165, 1.54) is 0 Å². The van der Waals surface area contributed by atoms with Gasteiger partial charge in [0.1, 0.15) is 17.6 Å². The molecule has 2 N–H and O–H groups in total. The average molecular weight is 194 g/mol. The molecule has 0 aromatic heterocycles. The van der Waals surface area contributed by atoms with E-state index in [0.29, 0.717) is 12.2 Å². The normalized spacial score (nSPS) is 19.9. The summed E-state index contributed by atoms with van der Waals surface area (Å²) in [4.78, 5) is 0. The molecule has 1 aromatic carbocycles. The van der Waals surface area contributed by atoms with E-state index in [-0.39, 0.29) is 12.7 Å². The number of phenolic OH excluding ortho intramolecular Hbond substituents is 1. The highest BCUT2D eigenvalue weighted by atomic mass is 16.5. The first kappa shape index (κ1) is 9.34. The van der Waals surface area contributed by atoms with E-state index in [0.717, 1.165) is 24.2 Å². The van der Waals surface area contributed by atoms with Crippen molar-refractivity contribution in [1.82, 2.24) is 0 Å². The number of rotatable bonds is 2. The standard InChI is InChI=1S/C11H14O3/c12-7-6-8-4-5-9-10(13)2-1-3-11(9)14-8/h1-3,8,12-13H,4-7H2. The molecule has 3 nitrogen and oxygen atoms in total. The van der Waals surface area contributed by atoms with Crippen molar-refractivity contribution in [1.29, 1.82) is 0 Å². The molecule has 14 heavy (non-hydrogen) atoms. The molecular formula is C11H14O3. The highest BCUT2D eigenvalue weighted by molar-refractivity contribution is 5.45. The Balaban J connectivity index is 2.18. The maximum absolute atomic E-state index is 9.54. The number of aromatic hydroxyl groups is 1. The third-order valence-electron chi connectivity index (χ3n) is 2.57. The minimum atomic E-state index is 0.0919. The topological polar surface area (TPSA) is 49.7 Å². The van der Waals surface area contributed by atoms with Crippen molar-refractivity contribution >= 4 is 0 Å². The van der Waals surface area contributed by atoms with E-state index in [4.69, 9.17) is 9.84 Å². The van der Waals surface area contributed by atoms with Crippen LogP contribution in [0.4, 0.5) is 0 Å². The van der Waals surface area contributed by atoms with Crippen LogP contribution >= 0.6 is 0 Å². The second-order valence-electron chi connectivity index (χ2n) is 3.54. The van der Waals surface area contributed by atoms with Gasteiger partial charge in [-0.25, -0.2) is 0 Å². The fraction of sp³-hybridized carbons (Fsp3) is 0.455. The van der Waals surface area contributed by atoms with Crippen molar-refractivity contribution < 1.29 is 14.9 Å². The number of phenols is 1. The molecule has 0 amide bonds. The molecule has 0 radical (unpaired) electrons. The highest BCUT2D eigenvalue weighted by Gasteiger charge is 2.20. The van der Waals surface area contributed by atoms with Gasteiger partial charge in [0.05, 0.1) is 0 Å². The summed E-state index contributed by atoms with van der Waals surface area (Å²) in [6, 6.07) is 5.31. The van der Waals surface area contributed by atoms with Crippen LogP contribution in [0, 0.1) is 0 Å². The molecule has 3 heteroatoms. The molecule has 1 unspecified atom stereocenters. The summed E-state index contributed by atoms with van der Waals surface area (Å²) in [7, 11) is 0. The first-order valence-electron chi connectivity index (χ1n) is 4.89. The lowest BCUT2D eigenvalue weighted by Gasteiger charge is -2.25. The van der Waals surface area contributed by atoms with E-state index in [1.54, 1.807) is 12.1 Å². The lowest BCUT2D eigenvalue weighted by Crippen LogP contribution is -2.23. The summed E-state index contributed by atoms with van der Waals surface area (Å²) in [5.74, 6) is 1.07. The Hall–Kier alpha value is -1.22. The maximum Gasteiger partial charge on any atom is 0.126 e. The van der Waals surface area contributed by atoms with E-state index in [9.17, 15) is 5.11 Å². The largest absolute Gasteiger partial charge is 0.508 e. The van der Waals surface area contributed by atoms with Gasteiger partial charge in [0, 0.05) is 18.6 Å². The molecule has 0 saturated heterocycles. The average Bonchev–Trinajstić information content (AvgIpc) is 2.18. The lowest BCUT2D eigenvalue weighted by atomic mass is 10.00. The van der Waals surface area contributed by atoms with Crippen molar-refractivity contribution in [3.05, 3.63) is 23.8 Å². The number of benzene rings is 1. The van der Waals surface area contributed by atoms with Crippen LogP contribution in [0.25, 0.3) is 0 Å². The molecule has 1 heterocycles. The molecular weight excluding hydrogens is 180 g/mol. The quantitative estimate of drug-likeness (QED) is 0.749. The second kappa shape index (κ2) is 3.88. The Morgan fingerprint density at radius 1 is 1.43 bits per heavy atom. The van der Waals surface area contributed by atoms with Crippen LogP contribution in [0.5, 0.6) is 11.5 Å². The van der Waals surface area contributed by atoms with Crippen molar-refractivity contribution in [3.63, 3.8) is 0 Å². The van der Waals surface area contributed by atoms with Crippen LogP contribution in [-0.2, 0) is 6.42 Å². The Morgan fingerprint density at radius 3 is 3.07 bits per heavy atom. The maximum atomic E-state index is 9.54. The number of fused-ring (bicyclic) bond motifs is 1. The van der Waals surface area contributed by atoms with Crippen LogP contribution in [-0.4, -0.2) is 22.9 Å². The predicted molar refractivity (Wildman–Crippen MR) is 52.5 cm³/mol. The number of aliphatic hydroxyl groups excluding tert-OH is 1. The minimum Gasteiger partial charge on any atom is -0.508 e. The van der Waals surface area contributed by atoms with Crippen LogP contribution in [0.3, 0.4) is 0 Å². The molecule has 1 aliphatic rings. The molecule has 0 spiro atoms. The van der Waals surface area contributed by atoms with E-state index < -0.39 is 0 Å². The Kier molecular flexibility index (Phi) is 2.59. The molecule has 2 rings (SSSR count). The van der Waals surface area contributed by atoms with E-state index in [1.807, 2.05) is 6.07 Å². The van der Waals surface area contributed by atoms with Crippen molar-refractivity contribution in [3.8, 4) is 11.5 Å². The van der Waals surface area contributed by atoms with Gasteiger partial charge in [0.25, 0.3) is 0 Å². The zero-order valence-electron chi connectivity index (χ0n) is 7.94. The Morgan fingerprint density at radius 2 is 2.29 bits per heavy atom. The van der Waals surface area contributed by atoms with Gasteiger partial charge < -0.3 is 14.9 Å². The molecule has 0 saturated carbocycles. The van der Waals surface area contributed by atoms with Crippen LogP contribution in [0.15, 0.2) is 18.2 Å². The Bertz CT molecular complexity index is 322. The minimum absolute atomic E-state index is 0.0919. The van der Waals surface area contributed by atoms with Gasteiger partial charge in [-0.1, -0.05) is 6.07 Å². The lowest BCUT2D eigenvalue weighted by molar-refractivity contribution is 0.133. The third kappa shape index (κ3) is 1.68. The summed E-state index contributed by atoms with van der Waals surface area (Å²) in [5, 5.41) is 18.3. The molecule has 1 aliphatic heterocycles. The van der Waals surface area contributed by atoms with Crippen molar-refractivity contribution in [2.45, 2.75) is 25.4 Å². The first-order chi connectivity index (χ1) is 6.81. The first-order valence-corrected chi connectivity index (χ1v) is 4.89. The van der Waals surface area contributed by atoms with E-state index in [2.05, 4.69) is 0 Å². The Labute approximate surface area is 83.0 Å². The summed E-state index contributed by atoms with van der Waals surface area (Å²) in [6.07, 6.45) is 2.45. The van der Waals surface area contributed by atoms with Gasteiger partial charge >= 0.3 is 0 Å². The fourth-order valence-electron chi connectivity index (χ4n) is 1.81. The predicted octanol–water partition coefficient (Wildman–Crippen LogP) is 1.47. The van der Waals surface area contributed by atoms with Gasteiger partial charge in [-0.3, -0.25) is 0 Å². The van der Waals surface area contributed by atoms with Gasteiger partial charge in [0.2, 0.25) is 0 Å². The summed E-state index contributed by atoms with van der Waals surface area (Å²) in [6.45, 7) is 0.152. The van der Waals surface area contributed by atoms with E-state index >= 15 is 0 Å². The number of aliphatic hydroxyl groups is 1. The summed E-state index contributed by atoms with van der Waals surface area (Å²) in [5.41, 5.74) is 0.890. The van der Waals surface area contributed by atoms with Crippen LogP contribution < -0.4 is 4.74 Å². The molecule has 1 atom stereocenters. The summed E-state index contributed by atoms with van der Waals surface area (Å²) < 4.78 is 5.63. The molecule has 0 aliphatic carbocycles. The number of hydrogen-bond acceptors (Lipinski definition) is 3. The molecule has 0 fully saturated rings. The zero-order chi connectivity index (χ0) is 9.97. The van der Waals surface area contributed by atoms with Gasteiger partial charge in [0.15, 0.2) is 0 Å². The molecule has 76 valence electrons. The SMILES string of the molecule is OCCC1CCc2c(O)cccc2O1. The number of hydrogen-bond donors (Lipinski definition) is 2.